The molecule has 1 amide bonds. The number of hydrogen-bond acceptors (Lipinski definition) is 2. The van der Waals surface area contributed by atoms with Crippen molar-refractivity contribution in [3.63, 3.8) is 0 Å². The molecule has 0 aliphatic heterocycles. The molecule has 0 saturated heterocycles. The van der Waals surface area contributed by atoms with Gasteiger partial charge in [-0.2, -0.15) is 11.8 Å². The fraction of sp³-hybridized carbons (Fsp3) is 0.350. The summed E-state index contributed by atoms with van der Waals surface area (Å²) in [4.78, 5) is 11.9. The Hall–Kier alpha value is -1.74. The van der Waals surface area contributed by atoms with Crippen LogP contribution >= 0.6 is 11.8 Å². The predicted octanol–water partition coefficient (Wildman–Crippen LogP) is 4.15. The molecule has 0 aromatic heterocycles. The standard InChI is InChI=1S/C20H25NOS/c1-3-17-8-10-18(11-9-17)14-20(22)21-12-13-23-15-19-7-5-4-6-16(19)2/h4-11H,3,12-15H2,1-2H3,(H,21,22). The number of amides is 1. The maximum Gasteiger partial charge on any atom is 0.224 e. The molecule has 0 bridgehead atoms. The molecule has 2 nitrogen and oxygen atoms in total. The highest BCUT2D eigenvalue weighted by atomic mass is 32.2. The summed E-state index contributed by atoms with van der Waals surface area (Å²) in [7, 11) is 0. The highest BCUT2D eigenvalue weighted by molar-refractivity contribution is 7.98. The van der Waals surface area contributed by atoms with Crippen molar-refractivity contribution < 1.29 is 4.79 Å². The van der Waals surface area contributed by atoms with Crippen LogP contribution in [0.25, 0.3) is 0 Å². The van der Waals surface area contributed by atoms with Crippen LogP contribution in [0.1, 0.15) is 29.2 Å². The third-order valence-corrected chi connectivity index (χ3v) is 4.89. The number of nitrogens with one attached hydrogen (secondary N) is 1. The lowest BCUT2D eigenvalue weighted by Gasteiger charge is -2.07. The van der Waals surface area contributed by atoms with Crippen molar-refractivity contribution in [2.45, 2.75) is 32.4 Å². The highest BCUT2D eigenvalue weighted by Gasteiger charge is 2.03. The molecule has 122 valence electrons. The van der Waals surface area contributed by atoms with Gasteiger partial charge < -0.3 is 5.32 Å². The number of carbonyl (C=O) groups is 1. The lowest BCUT2D eigenvalue weighted by molar-refractivity contribution is -0.120. The summed E-state index contributed by atoms with van der Waals surface area (Å²) in [5.41, 5.74) is 5.09. The van der Waals surface area contributed by atoms with Gasteiger partial charge in [-0.3, -0.25) is 4.79 Å². The van der Waals surface area contributed by atoms with E-state index in [1.54, 1.807) is 0 Å². The second-order valence-electron chi connectivity index (χ2n) is 5.68. The number of aryl methyl sites for hydroxylation is 2. The highest BCUT2D eigenvalue weighted by Crippen LogP contribution is 2.15. The molecule has 23 heavy (non-hydrogen) atoms. The largest absolute Gasteiger partial charge is 0.355 e. The number of carbonyl (C=O) groups excluding carboxylic acids is 1. The van der Waals surface area contributed by atoms with Crippen LogP contribution < -0.4 is 5.32 Å². The summed E-state index contributed by atoms with van der Waals surface area (Å²) in [6, 6.07) is 16.7. The van der Waals surface area contributed by atoms with Crippen molar-refractivity contribution in [3.05, 3.63) is 70.8 Å². The maximum atomic E-state index is 11.9. The fourth-order valence-corrected chi connectivity index (χ4v) is 3.29. The summed E-state index contributed by atoms with van der Waals surface area (Å²) < 4.78 is 0. The Balaban J connectivity index is 1.64. The molecule has 1 N–H and O–H groups in total. The van der Waals surface area contributed by atoms with Crippen LogP contribution in [0.3, 0.4) is 0 Å². The van der Waals surface area contributed by atoms with Crippen LogP contribution in [-0.2, 0) is 23.4 Å². The summed E-state index contributed by atoms with van der Waals surface area (Å²) in [6.07, 6.45) is 1.50. The maximum absolute atomic E-state index is 11.9. The van der Waals surface area contributed by atoms with E-state index < -0.39 is 0 Å². The summed E-state index contributed by atoms with van der Waals surface area (Å²) in [5, 5.41) is 3.00. The minimum atomic E-state index is 0.103. The van der Waals surface area contributed by atoms with E-state index in [2.05, 4.69) is 55.6 Å². The Morgan fingerprint density at radius 3 is 2.43 bits per heavy atom. The number of hydrogen-bond donors (Lipinski definition) is 1. The monoisotopic (exact) mass is 327 g/mol. The third-order valence-electron chi connectivity index (χ3n) is 3.88. The van der Waals surface area contributed by atoms with Gasteiger partial charge in [0.1, 0.15) is 0 Å². The summed E-state index contributed by atoms with van der Waals surface area (Å²) in [5.74, 6) is 2.04. The Bertz CT molecular complexity index is 622. The molecule has 0 spiro atoms. The molecule has 0 saturated carbocycles. The van der Waals surface area contributed by atoms with Crippen molar-refractivity contribution in [1.29, 1.82) is 0 Å². The van der Waals surface area contributed by atoms with Gasteiger partial charge in [-0.1, -0.05) is 55.5 Å². The van der Waals surface area contributed by atoms with E-state index in [9.17, 15) is 4.79 Å². The predicted molar refractivity (Wildman–Crippen MR) is 99.9 cm³/mol. The lowest BCUT2D eigenvalue weighted by Crippen LogP contribution is -2.27. The zero-order valence-electron chi connectivity index (χ0n) is 14.0. The molecule has 0 aliphatic rings. The summed E-state index contributed by atoms with van der Waals surface area (Å²) in [6.45, 7) is 5.00. The van der Waals surface area contributed by atoms with Crippen molar-refractivity contribution in [1.82, 2.24) is 5.32 Å². The first-order valence-corrected chi connectivity index (χ1v) is 9.31. The molecule has 3 heteroatoms. The van der Waals surface area contributed by atoms with E-state index in [-0.39, 0.29) is 5.91 Å². The van der Waals surface area contributed by atoms with E-state index in [0.29, 0.717) is 6.42 Å². The molecule has 0 heterocycles. The molecule has 2 rings (SSSR count). The number of thioether (sulfide) groups is 1. The van der Waals surface area contributed by atoms with Gasteiger partial charge in [0.25, 0.3) is 0 Å². The fourth-order valence-electron chi connectivity index (χ4n) is 2.36. The van der Waals surface area contributed by atoms with Crippen molar-refractivity contribution in [2.24, 2.45) is 0 Å². The van der Waals surface area contributed by atoms with Crippen molar-refractivity contribution >= 4 is 17.7 Å². The molecule has 0 aliphatic carbocycles. The first-order valence-electron chi connectivity index (χ1n) is 8.16. The number of rotatable bonds is 8. The van der Waals surface area contributed by atoms with Gasteiger partial charge in [0.2, 0.25) is 5.91 Å². The van der Waals surface area contributed by atoms with Crippen LogP contribution in [0.15, 0.2) is 48.5 Å². The van der Waals surface area contributed by atoms with Gasteiger partial charge in [-0.15, -0.1) is 0 Å². The second kappa shape index (κ2) is 9.41. The third kappa shape index (κ3) is 6.11. The van der Waals surface area contributed by atoms with Crippen LogP contribution in [-0.4, -0.2) is 18.2 Å². The second-order valence-corrected chi connectivity index (χ2v) is 6.78. The minimum absolute atomic E-state index is 0.103. The molecule has 0 fully saturated rings. The molecule has 0 unspecified atom stereocenters. The molecule has 2 aromatic rings. The van der Waals surface area contributed by atoms with Crippen LogP contribution in [0, 0.1) is 6.92 Å². The van der Waals surface area contributed by atoms with E-state index in [1.165, 1.54) is 16.7 Å². The van der Waals surface area contributed by atoms with Crippen LogP contribution in [0.4, 0.5) is 0 Å². The Kier molecular flexibility index (Phi) is 7.21. The Morgan fingerprint density at radius 1 is 1.04 bits per heavy atom. The number of benzene rings is 2. The van der Waals surface area contributed by atoms with Gasteiger partial charge in [0.15, 0.2) is 0 Å². The lowest BCUT2D eigenvalue weighted by atomic mass is 10.1. The molecular formula is C20H25NOS. The molecule has 0 radical (unpaired) electrons. The molecular weight excluding hydrogens is 302 g/mol. The smallest absolute Gasteiger partial charge is 0.224 e. The molecule has 2 aromatic carbocycles. The van der Waals surface area contributed by atoms with E-state index in [4.69, 9.17) is 0 Å². The average molecular weight is 327 g/mol. The zero-order chi connectivity index (χ0) is 16.5. The van der Waals surface area contributed by atoms with Gasteiger partial charge >= 0.3 is 0 Å². The average Bonchev–Trinajstić information content (AvgIpc) is 2.57. The van der Waals surface area contributed by atoms with E-state index in [1.807, 2.05) is 23.9 Å². The van der Waals surface area contributed by atoms with E-state index in [0.717, 1.165) is 30.0 Å². The van der Waals surface area contributed by atoms with Crippen molar-refractivity contribution in [3.8, 4) is 0 Å². The van der Waals surface area contributed by atoms with Crippen LogP contribution in [0.2, 0.25) is 0 Å². The topological polar surface area (TPSA) is 29.1 Å². The van der Waals surface area contributed by atoms with Gasteiger partial charge in [-0.05, 0) is 35.6 Å². The first kappa shape index (κ1) is 17.6. The van der Waals surface area contributed by atoms with Gasteiger partial charge in [-0.25, -0.2) is 0 Å². The van der Waals surface area contributed by atoms with Gasteiger partial charge in [0.05, 0.1) is 6.42 Å². The first-order chi connectivity index (χ1) is 11.2. The minimum Gasteiger partial charge on any atom is -0.355 e. The molecule has 0 atom stereocenters. The van der Waals surface area contributed by atoms with Crippen molar-refractivity contribution in [2.75, 3.05) is 12.3 Å². The van der Waals surface area contributed by atoms with E-state index >= 15 is 0 Å². The normalized spacial score (nSPS) is 10.5. The van der Waals surface area contributed by atoms with Gasteiger partial charge in [0, 0.05) is 18.1 Å². The zero-order valence-corrected chi connectivity index (χ0v) is 14.8. The summed E-state index contributed by atoms with van der Waals surface area (Å²) >= 11 is 1.86. The quantitative estimate of drug-likeness (QED) is 0.738. The SMILES string of the molecule is CCc1ccc(CC(=O)NCCSCc2ccccc2C)cc1. The Labute approximate surface area is 143 Å². The Morgan fingerprint density at radius 2 is 1.74 bits per heavy atom. The van der Waals surface area contributed by atoms with Crippen LogP contribution in [0.5, 0.6) is 0 Å².